The second-order valence-electron chi connectivity index (χ2n) is 5.24. The van der Waals surface area contributed by atoms with E-state index in [0.717, 1.165) is 25.2 Å². The largest absolute Gasteiger partial charge is 0.496 e. The fourth-order valence-corrected chi connectivity index (χ4v) is 2.18. The minimum absolute atomic E-state index is 0.0583. The van der Waals surface area contributed by atoms with Gasteiger partial charge in [-0.05, 0) is 30.2 Å². The van der Waals surface area contributed by atoms with Crippen LogP contribution in [-0.2, 0) is 6.54 Å². The average molecular weight is 279 g/mol. The zero-order chi connectivity index (χ0) is 15.1. The van der Waals surface area contributed by atoms with Crippen molar-refractivity contribution in [3.63, 3.8) is 0 Å². The Hall–Kier alpha value is -1.75. The number of rotatable bonds is 7. The van der Waals surface area contributed by atoms with Gasteiger partial charge in [-0.1, -0.05) is 32.0 Å². The van der Waals surface area contributed by atoms with Gasteiger partial charge in [-0.2, -0.15) is 0 Å². The van der Waals surface area contributed by atoms with E-state index in [1.165, 1.54) is 0 Å². The second-order valence-corrected chi connectivity index (χ2v) is 5.24. The summed E-state index contributed by atoms with van der Waals surface area (Å²) < 4.78 is 5.31. The van der Waals surface area contributed by atoms with Crippen molar-refractivity contribution in [1.29, 1.82) is 0 Å². The molecule has 3 N–H and O–H groups in total. The highest BCUT2D eigenvalue weighted by Gasteiger charge is 2.11. The Morgan fingerprint density at radius 3 is 2.65 bits per heavy atom. The minimum Gasteiger partial charge on any atom is -0.496 e. The number of methoxy groups -OCH3 is 1. The zero-order valence-electron chi connectivity index (χ0n) is 12.8. The van der Waals surface area contributed by atoms with E-state index in [1.807, 2.05) is 18.2 Å². The fourth-order valence-electron chi connectivity index (χ4n) is 2.18. The molecule has 1 aromatic carbocycles. The van der Waals surface area contributed by atoms with Gasteiger partial charge in [0.05, 0.1) is 12.7 Å². The Morgan fingerprint density at radius 2 is 2.15 bits per heavy atom. The Labute approximate surface area is 121 Å². The molecule has 20 heavy (non-hydrogen) atoms. The monoisotopic (exact) mass is 279 g/mol. The Balaban J connectivity index is 2.92. The van der Waals surface area contributed by atoms with E-state index in [4.69, 9.17) is 15.7 Å². The molecule has 0 saturated carbocycles. The summed E-state index contributed by atoms with van der Waals surface area (Å²) in [6.45, 7) is 9.50. The predicted molar refractivity (Wildman–Crippen MR) is 81.3 cm³/mol. The minimum atomic E-state index is 0.0583. The van der Waals surface area contributed by atoms with Crippen LogP contribution in [0.3, 0.4) is 0 Å². The molecule has 5 nitrogen and oxygen atoms in total. The quantitative estimate of drug-likeness (QED) is 0.347. The lowest BCUT2D eigenvalue weighted by molar-refractivity contribution is 0.248. The summed E-state index contributed by atoms with van der Waals surface area (Å²) in [5, 5.41) is 11.8. The number of amidine groups is 1. The highest BCUT2D eigenvalue weighted by molar-refractivity contribution is 5.99. The van der Waals surface area contributed by atoms with Gasteiger partial charge in [0.2, 0.25) is 0 Å². The average Bonchev–Trinajstić information content (AvgIpc) is 2.45. The van der Waals surface area contributed by atoms with E-state index < -0.39 is 0 Å². The maximum absolute atomic E-state index is 8.76. The van der Waals surface area contributed by atoms with E-state index in [9.17, 15) is 0 Å². The number of hydrogen-bond acceptors (Lipinski definition) is 4. The first-order valence-corrected chi connectivity index (χ1v) is 6.88. The van der Waals surface area contributed by atoms with Gasteiger partial charge in [-0.25, -0.2) is 0 Å². The third kappa shape index (κ3) is 4.42. The number of ether oxygens (including phenoxy) is 1. The molecule has 0 atom stereocenters. The first kappa shape index (κ1) is 16.3. The van der Waals surface area contributed by atoms with Gasteiger partial charge in [-0.15, -0.1) is 0 Å². The van der Waals surface area contributed by atoms with Crippen LogP contribution in [0.15, 0.2) is 23.4 Å². The standard InChI is InChI=1S/C15H25N3O2/c1-5-18(9-11(2)3)10-12-6-7-13(15(16)17-19)14(8-12)20-4/h6-8,11,19H,5,9-10H2,1-4H3,(H2,16,17). The van der Waals surface area contributed by atoms with E-state index in [1.54, 1.807) is 7.11 Å². The van der Waals surface area contributed by atoms with Crippen LogP contribution in [0.25, 0.3) is 0 Å². The lowest BCUT2D eigenvalue weighted by Gasteiger charge is -2.23. The number of nitrogens with zero attached hydrogens (tertiary/aromatic N) is 2. The molecular formula is C15H25N3O2. The second kappa shape index (κ2) is 7.75. The van der Waals surface area contributed by atoms with Crippen molar-refractivity contribution in [3.8, 4) is 5.75 Å². The van der Waals surface area contributed by atoms with Crippen LogP contribution in [0.4, 0.5) is 0 Å². The van der Waals surface area contributed by atoms with Crippen molar-refractivity contribution in [2.75, 3.05) is 20.2 Å². The molecule has 1 aromatic rings. The summed E-state index contributed by atoms with van der Waals surface area (Å²) in [5.41, 5.74) is 7.38. The van der Waals surface area contributed by atoms with E-state index in [2.05, 4.69) is 30.8 Å². The summed E-state index contributed by atoms with van der Waals surface area (Å²) in [7, 11) is 1.58. The third-order valence-electron chi connectivity index (χ3n) is 3.13. The highest BCUT2D eigenvalue weighted by atomic mass is 16.5. The lowest BCUT2D eigenvalue weighted by Crippen LogP contribution is -2.27. The van der Waals surface area contributed by atoms with E-state index in [-0.39, 0.29) is 5.84 Å². The molecule has 0 aliphatic heterocycles. The van der Waals surface area contributed by atoms with Crippen molar-refractivity contribution in [3.05, 3.63) is 29.3 Å². The van der Waals surface area contributed by atoms with Crippen molar-refractivity contribution < 1.29 is 9.94 Å². The van der Waals surface area contributed by atoms with Crippen LogP contribution >= 0.6 is 0 Å². The van der Waals surface area contributed by atoms with Crippen molar-refractivity contribution in [2.45, 2.75) is 27.3 Å². The number of nitrogens with two attached hydrogens (primary N) is 1. The van der Waals surface area contributed by atoms with E-state index >= 15 is 0 Å². The Kier molecular flexibility index (Phi) is 6.31. The smallest absolute Gasteiger partial charge is 0.173 e. The van der Waals surface area contributed by atoms with E-state index in [0.29, 0.717) is 17.2 Å². The topological polar surface area (TPSA) is 71.1 Å². The Morgan fingerprint density at radius 1 is 1.45 bits per heavy atom. The molecule has 0 spiro atoms. The zero-order valence-corrected chi connectivity index (χ0v) is 12.8. The molecule has 0 amide bonds. The molecule has 0 heterocycles. The predicted octanol–water partition coefficient (Wildman–Crippen LogP) is 2.27. The molecule has 0 aliphatic rings. The van der Waals surface area contributed by atoms with Gasteiger partial charge in [0, 0.05) is 13.1 Å². The maximum atomic E-state index is 8.76. The van der Waals surface area contributed by atoms with Crippen LogP contribution in [-0.4, -0.2) is 36.1 Å². The summed E-state index contributed by atoms with van der Waals surface area (Å²) in [4.78, 5) is 2.38. The summed E-state index contributed by atoms with van der Waals surface area (Å²) in [5.74, 6) is 1.31. The van der Waals surface area contributed by atoms with Crippen molar-refractivity contribution >= 4 is 5.84 Å². The molecule has 1 rings (SSSR count). The van der Waals surface area contributed by atoms with Crippen molar-refractivity contribution in [1.82, 2.24) is 4.90 Å². The van der Waals surface area contributed by atoms with Crippen LogP contribution in [0, 0.1) is 5.92 Å². The molecule has 0 unspecified atom stereocenters. The molecular weight excluding hydrogens is 254 g/mol. The SMILES string of the molecule is CCN(Cc1ccc(/C(N)=N/O)c(OC)c1)CC(C)C. The van der Waals surface area contributed by atoms with Crippen LogP contribution in [0.2, 0.25) is 0 Å². The number of oxime groups is 1. The van der Waals surface area contributed by atoms with Gasteiger partial charge in [-0.3, -0.25) is 4.90 Å². The third-order valence-corrected chi connectivity index (χ3v) is 3.13. The fraction of sp³-hybridized carbons (Fsp3) is 0.533. The maximum Gasteiger partial charge on any atom is 0.173 e. The van der Waals surface area contributed by atoms with Crippen LogP contribution in [0.1, 0.15) is 31.9 Å². The Bertz CT molecular complexity index is 458. The molecule has 0 fully saturated rings. The summed E-state index contributed by atoms with van der Waals surface area (Å²) in [6, 6.07) is 5.75. The first-order valence-electron chi connectivity index (χ1n) is 6.88. The normalized spacial score (nSPS) is 12.2. The highest BCUT2D eigenvalue weighted by Crippen LogP contribution is 2.21. The molecule has 0 aliphatic carbocycles. The van der Waals surface area contributed by atoms with Crippen molar-refractivity contribution in [2.24, 2.45) is 16.8 Å². The van der Waals surface area contributed by atoms with Gasteiger partial charge < -0.3 is 15.7 Å². The molecule has 112 valence electrons. The molecule has 0 bridgehead atoms. The number of benzene rings is 1. The summed E-state index contributed by atoms with van der Waals surface area (Å²) in [6.07, 6.45) is 0. The molecule has 0 aromatic heterocycles. The lowest BCUT2D eigenvalue weighted by atomic mass is 10.1. The first-order chi connectivity index (χ1) is 9.51. The molecule has 5 heteroatoms. The van der Waals surface area contributed by atoms with Gasteiger partial charge in [0.25, 0.3) is 0 Å². The van der Waals surface area contributed by atoms with Crippen LogP contribution < -0.4 is 10.5 Å². The summed E-state index contributed by atoms with van der Waals surface area (Å²) >= 11 is 0. The molecule has 0 saturated heterocycles. The van der Waals surface area contributed by atoms with Gasteiger partial charge >= 0.3 is 0 Å². The van der Waals surface area contributed by atoms with Gasteiger partial charge in [0.15, 0.2) is 5.84 Å². The van der Waals surface area contributed by atoms with Gasteiger partial charge in [0.1, 0.15) is 5.75 Å². The molecule has 0 radical (unpaired) electrons. The number of hydrogen-bond donors (Lipinski definition) is 2. The van der Waals surface area contributed by atoms with Crippen LogP contribution in [0.5, 0.6) is 5.75 Å².